The highest BCUT2D eigenvalue weighted by atomic mass is 16.3. The summed E-state index contributed by atoms with van der Waals surface area (Å²) in [6.07, 6.45) is 0.912. The van der Waals surface area contributed by atoms with Crippen molar-refractivity contribution in [2.75, 3.05) is 26.7 Å². The van der Waals surface area contributed by atoms with Crippen molar-refractivity contribution in [3.8, 4) is 5.75 Å². The smallest absolute Gasteiger partial charge is 0.246 e. The minimum atomic E-state index is -0.976. The summed E-state index contributed by atoms with van der Waals surface area (Å²) < 4.78 is 0. The van der Waals surface area contributed by atoms with Crippen LogP contribution in [0.3, 0.4) is 0 Å². The van der Waals surface area contributed by atoms with E-state index in [1.54, 1.807) is 29.0 Å². The third kappa shape index (κ3) is 9.80. The van der Waals surface area contributed by atoms with Gasteiger partial charge in [-0.3, -0.25) is 24.0 Å². The molecule has 0 radical (unpaired) electrons. The summed E-state index contributed by atoms with van der Waals surface area (Å²) >= 11 is 0. The predicted octanol–water partition coefficient (Wildman–Crippen LogP) is 0.326. The molecule has 0 aromatic heterocycles. The fraction of sp³-hybridized carbons (Fsp3) is 0.469. The van der Waals surface area contributed by atoms with Crippen molar-refractivity contribution in [1.82, 2.24) is 25.8 Å². The van der Waals surface area contributed by atoms with Gasteiger partial charge in [0.15, 0.2) is 0 Å². The lowest BCUT2D eigenvalue weighted by atomic mass is 9.97. The van der Waals surface area contributed by atoms with Gasteiger partial charge in [-0.15, -0.1) is 0 Å². The number of aromatic hydroxyl groups is 1. The zero-order chi connectivity index (χ0) is 32.4. The molecule has 2 aromatic rings. The Kier molecular flexibility index (Phi) is 12.3. The molecule has 1 saturated heterocycles. The Balaban J connectivity index is 1.60. The van der Waals surface area contributed by atoms with Gasteiger partial charge in [-0.2, -0.15) is 0 Å². The van der Waals surface area contributed by atoms with Gasteiger partial charge in [-0.25, -0.2) is 0 Å². The van der Waals surface area contributed by atoms with Crippen molar-refractivity contribution in [3.63, 3.8) is 0 Å². The summed E-state index contributed by atoms with van der Waals surface area (Å²) in [7, 11) is 1.72. The van der Waals surface area contributed by atoms with Gasteiger partial charge in [0.05, 0.1) is 12.6 Å². The van der Waals surface area contributed by atoms with Crippen molar-refractivity contribution in [3.05, 3.63) is 65.7 Å². The Morgan fingerprint density at radius 3 is 2.18 bits per heavy atom. The van der Waals surface area contributed by atoms with Crippen molar-refractivity contribution < 1.29 is 29.1 Å². The summed E-state index contributed by atoms with van der Waals surface area (Å²) in [5.74, 6) is -1.95. The van der Waals surface area contributed by atoms with Crippen LogP contribution in [0.4, 0.5) is 0 Å². The van der Waals surface area contributed by atoms with E-state index in [-0.39, 0.29) is 36.3 Å². The maximum Gasteiger partial charge on any atom is 0.246 e. The minimum Gasteiger partial charge on any atom is -0.508 e. The second-order valence-corrected chi connectivity index (χ2v) is 11.7. The van der Waals surface area contributed by atoms with E-state index in [1.165, 1.54) is 19.1 Å². The molecule has 238 valence electrons. The number of phenols is 1. The molecule has 0 unspecified atom stereocenters. The predicted molar refractivity (Wildman–Crippen MR) is 165 cm³/mol. The average molecular weight is 609 g/mol. The van der Waals surface area contributed by atoms with Crippen LogP contribution < -0.4 is 21.7 Å². The molecule has 2 aromatic carbocycles. The van der Waals surface area contributed by atoms with Crippen LogP contribution in [0.1, 0.15) is 38.3 Å². The van der Waals surface area contributed by atoms with Gasteiger partial charge in [0, 0.05) is 26.6 Å². The van der Waals surface area contributed by atoms with Crippen LogP contribution in [0.25, 0.3) is 0 Å². The van der Waals surface area contributed by atoms with E-state index in [9.17, 15) is 29.1 Å². The van der Waals surface area contributed by atoms with Crippen LogP contribution in [0.5, 0.6) is 5.75 Å². The molecule has 12 heteroatoms. The average Bonchev–Trinajstić information content (AvgIpc) is 2.99. The van der Waals surface area contributed by atoms with E-state index >= 15 is 0 Å². The van der Waals surface area contributed by atoms with Crippen LogP contribution in [0.15, 0.2) is 54.6 Å². The highest BCUT2D eigenvalue weighted by Crippen LogP contribution is 2.20. The standard InChI is InChI=1S/C32H44N6O6/c1-20(2)16-27-32(44)37(4)14-15-38(27)31(43)26(18-22-8-6-5-7-9-22)36-28(40)19-34-29(41)21(3)35-30(42)25(33)17-23-10-12-24(39)13-11-23/h5-13,20-21,25-27,39H,14-19,33H2,1-4H3,(H,34,41)(H,35,42)(H,36,40)/t21-,25+,26+,27-/m1/s1. The summed E-state index contributed by atoms with van der Waals surface area (Å²) in [6, 6.07) is 12.0. The number of carbonyl (C=O) groups is 5. The number of hydrogen-bond acceptors (Lipinski definition) is 7. The first-order chi connectivity index (χ1) is 20.8. The first kappa shape index (κ1) is 34.0. The van der Waals surface area contributed by atoms with Crippen molar-refractivity contribution in [2.45, 2.75) is 64.2 Å². The fourth-order valence-corrected chi connectivity index (χ4v) is 5.03. The molecule has 1 heterocycles. The Labute approximate surface area is 258 Å². The quantitative estimate of drug-likeness (QED) is 0.218. The van der Waals surface area contributed by atoms with E-state index in [2.05, 4.69) is 16.0 Å². The number of amides is 5. The van der Waals surface area contributed by atoms with Gasteiger partial charge in [-0.1, -0.05) is 56.3 Å². The molecule has 1 fully saturated rings. The summed E-state index contributed by atoms with van der Waals surface area (Å²) in [5, 5.41) is 17.2. The minimum absolute atomic E-state index is 0.0987. The molecule has 0 spiro atoms. The van der Waals surface area contributed by atoms with Gasteiger partial charge in [0.2, 0.25) is 29.5 Å². The third-order valence-corrected chi connectivity index (χ3v) is 7.51. The molecule has 1 aliphatic heterocycles. The third-order valence-electron chi connectivity index (χ3n) is 7.51. The maximum atomic E-state index is 13.8. The topological polar surface area (TPSA) is 174 Å². The molecular weight excluding hydrogens is 564 g/mol. The molecule has 5 amide bonds. The molecule has 44 heavy (non-hydrogen) atoms. The normalized spacial score (nSPS) is 17.0. The first-order valence-corrected chi connectivity index (χ1v) is 14.9. The number of nitrogens with one attached hydrogen (secondary N) is 3. The lowest BCUT2D eigenvalue weighted by molar-refractivity contribution is -0.152. The van der Waals surface area contributed by atoms with Gasteiger partial charge >= 0.3 is 0 Å². The number of nitrogens with two attached hydrogens (primary N) is 1. The molecule has 0 saturated carbocycles. The Morgan fingerprint density at radius 2 is 1.55 bits per heavy atom. The SMILES string of the molecule is CC(C)C[C@@H]1C(=O)N(C)CCN1C(=O)[C@H](Cc1ccccc1)NC(=O)CNC(=O)[C@@H](C)NC(=O)[C@@H](N)Cc1ccc(O)cc1. The highest BCUT2D eigenvalue weighted by Gasteiger charge is 2.39. The Morgan fingerprint density at radius 1 is 0.909 bits per heavy atom. The fourth-order valence-electron chi connectivity index (χ4n) is 5.03. The molecule has 0 bridgehead atoms. The number of nitrogens with zero attached hydrogens (tertiary/aromatic N) is 2. The van der Waals surface area contributed by atoms with Gasteiger partial charge in [0.1, 0.15) is 23.9 Å². The number of phenolic OH excluding ortho intramolecular Hbond substituents is 1. The number of likely N-dealkylation sites (N-methyl/N-ethyl adjacent to an activating group) is 1. The van der Waals surface area contributed by atoms with Crippen LogP contribution in [0.2, 0.25) is 0 Å². The second kappa shape index (κ2) is 15.9. The summed E-state index contributed by atoms with van der Waals surface area (Å²) in [6.45, 7) is 5.77. The summed E-state index contributed by atoms with van der Waals surface area (Å²) in [4.78, 5) is 68.2. The molecule has 1 aliphatic rings. The number of benzene rings is 2. The van der Waals surface area contributed by atoms with Crippen LogP contribution in [-0.2, 0) is 36.8 Å². The molecular formula is C32H44N6O6. The van der Waals surface area contributed by atoms with Crippen LogP contribution in [0, 0.1) is 5.92 Å². The van der Waals surface area contributed by atoms with E-state index in [1.807, 2.05) is 44.2 Å². The van der Waals surface area contributed by atoms with Crippen LogP contribution in [-0.4, -0.2) is 95.3 Å². The monoisotopic (exact) mass is 608 g/mol. The highest BCUT2D eigenvalue weighted by molar-refractivity contribution is 5.95. The molecule has 0 aliphatic carbocycles. The molecule has 4 atom stereocenters. The largest absolute Gasteiger partial charge is 0.508 e. The zero-order valence-electron chi connectivity index (χ0n) is 25.8. The van der Waals surface area contributed by atoms with Gasteiger partial charge in [-0.05, 0) is 48.9 Å². The van der Waals surface area contributed by atoms with Crippen molar-refractivity contribution in [2.24, 2.45) is 11.7 Å². The number of piperazine rings is 1. The van der Waals surface area contributed by atoms with E-state index in [4.69, 9.17) is 5.73 Å². The number of carbonyl (C=O) groups excluding carboxylic acids is 5. The number of hydrogen-bond donors (Lipinski definition) is 5. The van der Waals surface area contributed by atoms with Crippen LogP contribution >= 0.6 is 0 Å². The van der Waals surface area contributed by atoms with E-state index in [0.29, 0.717) is 19.5 Å². The molecule has 6 N–H and O–H groups in total. The van der Waals surface area contributed by atoms with Crippen molar-refractivity contribution in [1.29, 1.82) is 0 Å². The van der Waals surface area contributed by atoms with E-state index in [0.717, 1.165) is 11.1 Å². The lowest BCUT2D eigenvalue weighted by Gasteiger charge is -2.41. The Hall–Kier alpha value is -4.45. The van der Waals surface area contributed by atoms with E-state index < -0.39 is 48.4 Å². The van der Waals surface area contributed by atoms with Crippen molar-refractivity contribution >= 4 is 29.5 Å². The lowest BCUT2D eigenvalue weighted by Crippen LogP contribution is -2.62. The Bertz CT molecular complexity index is 1300. The zero-order valence-corrected chi connectivity index (χ0v) is 25.8. The second-order valence-electron chi connectivity index (χ2n) is 11.7. The molecule has 3 rings (SSSR count). The maximum absolute atomic E-state index is 13.8. The summed E-state index contributed by atoms with van der Waals surface area (Å²) in [5.41, 5.74) is 7.56. The van der Waals surface area contributed by atoms with Gasteiger partial charge < -0.3 is 36.6 Å². The first-order valence-electron chi connectivity index (χ1n) is 14.9. The number of rotatable bonds is 13. The molecule has 12 nitrogen and oxygen atoms in total. The van der Waals surface area contributed by atoms with Gasteiger partial charge in [0.25, 0.3) is 0 Å².